The van der Waals surface area contributed by atoms with Crippen LogP contribution in [0, 0.1) is 13.8 Å². The van der Waals surface area contributed by atoms with E-state index in [2.05, 4.69) is 59.0 Å². The number of aryl methyl sites for hydroxylation is 2. The van der Waals surface area contributed by atoms with Crippen molar-refractivity contribution in [1.29, 1.82) is 0 Å². The number of fused-ring (bicyclic) bond motifs is 1. The van der Waals surface area contributed by atoms with Crippen molar-refractivity contribution in [3.8, 4) is 0 Å². The summed E-state index contributed by atoms with van der Waals surface area (Å²) in [5.74, 6) is 0.582. The van der Waals surface area contributed by atoms with E-state index in [4.69, 9.17) is 0 Å². The summed E-state index contributed by atoms with van der Waals surface area (Å²) in [4.78, 5) is 1.51. The van der Waals surface area contributed by atoms with Gasteiger partial charge in [-0.3, -0.25) is 0 Å². The standard InChI is InChI=1S/C17H25NS/c1-10(2)16-14-8-12(5)7-13(6)17(14)19-15(16)9-18-11(3)4/h7-8,10-11,18H,9H2,1-6H3. The minimum absolute atomic E-state index is 0.535. The zero-order valence-corrected chi connectivity index (χ0v) is 13.7. The van der Waals surface area contributed by atoms with Gasteiger partial charge in [-0.25, -0.2) is 0 Å². The van der Waals surface area contributed by atoms with Crippen molar-refractivity contribution in [2.24, 2.45) is 0 Å². The van der Waals surface area contributed by atoms with Crippen LogP contribution in [-0.4, -0.2) is 6.04 Å². The number of hydrogen-bond donors (Lipinski definition) is 1. The van der Waals surface area contributed by atoms with E-state index in [-0.39, 0.29) is 0 Å². The van der Waals surface area contributed by atoms with E-state index < -0.39 is 0 Å². The lowest BCUT2D eigenvalue weighted by Gasteiger charge is -2.11. The van der Waals surface area contributed by atoms with Gasteiger partial charge in [0.15, 0.2) is 0 Å². The first-order valence-corrected chi connectivity index (χ1v) is 7.97. The first-order valence-electron chi connectivity index (χ1n) is 7.16. The third-order valence-electron chi connectivity index (χ3n) is 3.48. The van der Waals surface area contributed by atoms with Crippen LogP contribution in [0.25, 0.3) is 10.1 Å². The Bertz CT molecular complexity index is 578. The Morgan fingerprint density at radius 2 is 1.79 bits per heavy atom. The molecule has 0 saturated carbocycles. The molecule has 1 N–H and O–H groups in total. The summed E-state index contributed by atoms with van der Waals surface area (Å²) >= 11 is 1.97. The zero-order valence-electron chi connectivity index (χ0n) is 12.9. The minimum atomic E-state index is 0.535. The maximum atomic E-state index is 3.56. The lowest BCUT2D eigenvalue weighted by Crippen LogP contribution is -2.21. The normalized spacial score (nSPS) is 12.0. The van der Waals surface area contributed by atoms with Crippen molar-refractivity contribution in [2.75, 3.05) is 0 Å². The van der Waals surface area contributed by atoms with Crippen LogP contribution >= 0.6 is 11.3 Å². The lowest BCUT2D eigenvalue weighted by molar-refractivity contribution is 0.590. The highest BCUT2D eigenvalue weighted by Gasteiger charge is 2.16. The maximum Gasteiger partial charge on any atom is 0.0378 e. The van der Waals surface area contributed by atoms with Crippen molar-refractivity contribution in [2.45, 2.75) is 60.0 Å². The highest BCUT2D eigenvalue weighted by Crippen LogP contribution is 2.38. The zero-order chi connectivity index (χ0) is 14.2. The number of hydrogen-bond acceptors (Lipinski definition) is 2. The monoisotopic (exact) mass is 275 g/mol. The van der Waals surface area contributed by atoms with Gasteiger partial charge in [0.2, 0.25) is 0 Å². The van der Waals surface area contributed by atoms with Crippen LogP contribution in [0.15, 0.2) is 12.1 Å². The summed E-state index contributed by atoms with van der Waals surface area (Å²) < 4.78 is 1.47. The van der Waals surface area contributed by atoms with Crippen LogP contribution < -0.4 is 5.32 Å². The molecule has 0 fully saturated rings. The van der Waals surface area contributed by atoms with Crippen LogP contribution in [0.1, 0.15) is 55.2 Å². The number of benzene rings is 1. The minimum Gasteiger partial charge on any atom is -0.310 e. The maximum absolute atomic E-state index is 3.56. The SMILES string of the molecule is Cc1cc(C)c2sc(CNC(C)C)c(C(C)C)c2c1. The Morgan fingerprint density at radius 1 is 1.11 bits per heavy atom. The molecule has 2 aromatic rings. The fourth-order valence-electron chi connectivity index (χ4n) is 2.68. The van der Waals surface area contributed by atoms with E-state index in [1.54, 1.807) is 5.56 Å². The summed E-state index contributed by atoms with van der Waals surface area (Å²) in [5, 5.41) is 5.03. The smallest absolute Gasteiger partial charge is 0.0378 e. The van der Waals surface area contributed by atoms with Crippen molar-refractivity contribution >= 4 is 21.4 Å². The molecule has 0 atom stereocenters. The Labute approximate surface area is 121 Å². The van der Waals surface area contributed by atoms with Crippen molar-refractivity contribution in [3.63, 3.8) is 0 Å². The van der Waals surface area contributed by atoms with Gasteiger partial charge >= 0.3 is 0 Å². The first kappa shape index (κ1) is 14.5. The van der Waals surface area contributed by atoms with Gasteiger partial charge in [0.25, 0.3) is 0 Å². The van der Waals surface area contributed by atoms with E-state index in [1.165, 1.54) is 26.1 Å². The van der Waals surface area contributed by atoms with E-state index >= 15 is 0 Å². The number of rotatable bonds is 4. The number of thiophene rings is 1. The topological polar surface area (TPSA) is 12.0 Å². The molecule has 0 bridgehead atoms. The van der Waals surface area contributed by atoms with E-state index in [0.717, 1.165) is 6.54 Å². The van der Waals surface area contributed by atoms with E-state index in [1.807, 2.05) is 11.3 Å². The largest absolute Gasteiger partial charge is 0.310 e. The highest BCUT2D eigenvalue weighted by molar-refractivity contribution is 7.19. The molecule has 0 aliphatic rings. The Morgan fingerprint density at radius 3 is 2.37 bits per heavy atom. The van der Waals surface area contributed by atoms with Crippen LogP contribution in [-0.2, 0) is 6.54 Å². The molecule has 19 heavy (non-hydrogen) atoms. The van der Waals surface area contributed by atoms with Crippen LogP contribution in [0.5, 0.6) is 0 Å². The van der Waals surface area contributed by atoms with Gasteiger partial charge in [-0.15, -0.1) is 11.3 Å². The molecule has 0 aliphatic carbocycles. The summed E-state index contributed by atoms with van der Waals surface area (Å²) in [5.41, 5.74) is 4.32. The van der Waals surface area contributed by atoms with Gasteiger partial charge in [0.1, 0.15) is 0 Å². The second kappa shape index (κ2) is 5.64. The molecule has 0 unspecified atom stereocenters. The molecule has 1 nitrogen and oxygen atoms in total. The Hall–Kier alpha value is -0.860. The van der Waals surface area contributed by atoms with Crippen molar-refractivity contribution < 1.29 is 0 Å². The van der Waals surface area contributed by atoms with Gasteiger partial charge in [0, 0.05) is 22.2 Å². The molecule has 1 heterocycles. The van der Waals surface area contributed by atoms with E-state index in [9.17, 15) is 0 Å². The Kier molecular flexibility index (Phi) is 4.32. The third-order valence-corrected chi connectivity index (χ3v) is 4.84. The summed E-state index contributed by atoms with van der Waals surface area (Å²) in [7, 11) is 0. The molecule has 0 amide bonds. The molecule has 104 valence electrons. The summed E-state index contributed by atoms with van der Waals surface area (Å²) in [6.07, 6.45) is 0. The first-order chi connectivity index (χ1) is 8.90. The van der Waals surface area contributed by atoms with E-state index in [0.29, 0.717) is 12.0 Å². The molecule has 0 saturated heterocycles. The molecule has 2 rings (SSSR count). The van der Waals surface area contributed by atoms with Gasteiger partial charge in [-0.05, 0) is 36.3 Å². The van der Waals surface area contributed by atoms with Crippen molar-refractivity contribution in [1.82, 2.24) is 5.32 Å². The van der Waals surface area contributed by atoms with Gasteiger partial charge in [-0.1, -0.05) is 45.4 Å². The molecule has 2 heteroatoms. The predicted octanol–water partition coefficient (Wildman–Crippen LogP) is 5.14. The van der Waals surface area contributed by atoms with Gasteiger partial charge < -0.3 is 5.32 Å². The molecular formula is C17H25NS. The molecule has 0 spiro atoms. The second-order valence-corrected chi connectivity index (χ2v) is 7.19. The predicted molar refractivity (Wildman–Crippen MR) is 87.4 cm³/mol. The molecule has 0 aliphatic heterocycles. The lowest BCUT2D eigenvalue weighted by atomic mass is 9.97. The fraction of sp³-hybridized carbons (Fsp3) is 0.529. The second-order valence-electron chi connectivity index (χ2n) is 6.09. The summed E-state index contributed by atoms with van der Waals surface area (Å²) in [6.45, 7) is 14.4. The highest BCUT2D eigenvalue weighted by atomic mass is 32.1. The average molecular weight is 275 g/mol. The van der Waals surface area contributed by atoms with Crippen LogP contribution in [0.4, 0.5) is 0 Å². The van der Waals surface area contributed by atoms with Gasteiger partial charge in [0.05, 0.1) is 0 Å². The third kappa shape index (κ3) is 3.01. The fourth-order valence-corrected chi connectivity index (χ4v) is 4.04. The van der Waals surface area contributed by atoms with Crippen LogP contribution in [0.3, 0.4) is 0 Å². The number of nitrogens with one attached hydrogen (secondary N) is 1. The summed E-state index contributed by atoms with van der Waals surface area (Å²) in [6, 6.07) is 5.18. The molecular weight excluding hydrogens is 250 g/mol. The molecule has 1 aromatic heterocycles. The Balaban J connectivity index is 2.57. The van der Waals surface area contributed by atoms with Crippen molar-refractivity contribution in [3.05, 3.63) is 33.7 Å². The van der Waals surface area contributed by atoms with Gasteiger partial charge in [-0.2, -0.15) is 0 Å². The molecule has 1 aromatic carbocycles. The van der Waals surface area contributed by atoms with Crippen LogP contribution in [0.2, 0.25) is 0 Å². The molecule has 0 radical (unpaired) electrons. The quantitative estimate of drug-likeness (QED) is 0.814. The average Bonchev–Trinajstić information content (AvgIpc) is 2.64.